The van der Waals surface area contributed by atoms with Gasteiger partial charge in [-0.25, -0.2) is 4.79 Å². The Bertz CT molecular complexity index is 1830. The predicted octanol–water partition coefficient (Wildman–Crippen LogP) is 6.92. The van der Waals surface area contributed by atoms with Gasteiger partial charge in [0.1, 0.15) is 17.2 Å². The van der Waals surface area contributed by atoms with Crippen molar-refractivity contribution in [1.29, 1.82) is 0 Å². The molecule has 1 aromatic heterocycles. The molecule has 1 N–H and O–H groups in total. The third-order valence-corrected chi connectivity index (χ3v) is 12.7. The fraction of sp³-hybridized carbons (Fsp3) is 0.474. The van der Waals surface area contributed by atoms with Gasteiger partial charge in [-0.1, -0.05) is 45.9 Å². The van der Waals surface area contributed by atoms with Crippen molar-refractivity contribution in [3.63, 3.8) is 0 Å². The van der Waals surface area contributed by atoms with E-state index in [1.165, 1.54) is 19.5 Å². The molecule has 7 rings (SSSR count). The number of hydrogen-bond donors (Lipinski definition) is 1. The number of hydrogen-bond acceptors (Lipinski definition) is 9. The lowest BCUT2D eigenvalue weighted by molar-refractivity contribution is 0.0410. The van der Waals surface area contributed by atoms with E-state index in [2.05, 4.69) is 14.8 Å². The lowest BCUT2D eigenvalue weighted by Crippen LogP contribution is -2.38. The number of fused-ring (bicyclic) bond motifs is 4. The van der Waals surface area contributed by atoms with Gasteiger partial charge in [0.2, 0.25) is 0 Å². The van der Waals surface area contributed by atoms with Gasteiger partial charge in [-0.15, -0.1) is 11.6 Å². The van der Waals surface area contributed by atoms with E-state index < -0.39 is 6.09 Å². The molecule has 4 aromatic rings. The van der Waals surface area contributed by atoms with Gasteiger partial charge >= 0.3 is 6.09 Å². The highest BCUT2D eigenvalue weighted by Crippen LogP contribution is 2.46. The Labute approximate surface area is 312 Å². The highest BCUT2D eigenvalue weighted by atomic mass is 35.5. The molecule has 2 saturated heterocycles. The van der Waals surface area contributed by atoms with E-state index in [9.17, 15) is 9.59 Å². The van der Waals surface area contributed by atoms with Crippen molar-refractivity contribution in [2.45, 2.75) is 18.8 Å². The quantitative estimate of drug-likeness (QED) is 0.0790. The Morgan fingerprint density at radius 3 is 2.55 bits per heavy atom. The summed E-state index contributed by atoms with van der Waals surface area (Å²) in [4.78, 5) is 39.1. The number of nitrogens with zero attached hydrogens (tertiary/aromatic N) is 4. The van der Waals surface area contributed by atoms with Crippen molar-refractivity contribution < 1.29 is 23.8 Å². The number of nitrogens with one attached hydrogen (secondary N) is 1. The van der Waals surface area contributed by atoms with Crippen LogP contribution in [0.4, 0.5) is 10.5 Å². The van der Waals surface area contributed by atoms with Crippen LogP contribution in [0.3, 0.4) is 0 Å². The van der Waals surface area contributed by atoms with Crippen LogP contribution in [0, 0.1) is 0 Å². The van der Waals surface area contributed by atoms with Crippen LogP contribution in [-0.4, -0.2) is 128 Å². The molecule has 0 spiro atoms. The second-order valence-corrected chi connectivity index (χ2v) is 16.3. The van der Waals surface area contributed by atoms with Crippen molar-refractivity contribution in [1.82, 2.24) is 19.7 Å². The number of amides is 2. The van der Waals surface area contributed by atoms with Crippen molar-refractivity contribution in [3.05, 3.63) is 65.9 Å². The Balaban J connectivity index is 1.02. The minimum Gasteiger partial charge on any atom is -0.494 e. The van der Waals surface area contributed by atoms with Gasteiger partial charge < -0.3 is 33.9 Å². The molecule has 4 heterocycles. The van der Waals surface area contributed by atoms with E-state index in [1.807, 2.05) is 65.4 Å². The molecule has 10 nitrogen and oxygen atoms in total. The summed E-state index contributed by atoms with van der Waals surface area (Å²) < 4.78 is 17.5. The van der Waals surface area contributed by atoms with Gasteiger partial charge in [0.15, 0.2) is 0 Å². The summed E-state index contributed by atoms with van der Waals surface area (Å²) >= 11 is 6.53. The maximum absolute atomic E-state index is 14.2. The van der Waals surface area contributed by atoms with Gasteiger partial charge in [0.05, 0.1) is 25.5 Å². The molecule has 2 amide bonds. The average Bonchev–Trinajstić information content (AvgIpc) is 3.74. The number of halogens is 1. The van der Waals surface area contributed by atoms with E-state index >= 15 is 0 Å². The number of ether oxygens (including phenoxy) is 3. The molecule has 0 radical (unpaired) electrons. The zero-order chi connectivity index (χ0) is 35.2. The zero-order valence-corrected chi connectivity index (χ0v) is 31.5. The number of H-pyrrole nitrogens is 1. The molecule has 13 heteroatoms. The van der Waals surface area contributed by atoms with Gasteiger partial charge in [0.25, 0.3) is 5.91 Å². The number of carbonyl (C=O) groups is 2. The first-order valence-electron chi connectivity index (χ1n) is 17.9. The number of morpholine rings is 1. The summed E-state index contributed by atoms with van der Waals surface area (Å²) in [5.41, 5.74) is 3.06. The third-order valence-electron chi connectivity index (χ3n) is 9.92. The van der Waals surface area contributed by atoms with Crippen molar-refractivity contribution in [2.24, 2.45) is 0 Å². The van der Waals surface area contributed by atoms with E-state index in [0.717, 1.165) is 90.3 Å². The fourth-order valence-corrected chi connectivity index (χ4v) is 9.23. The normalized spacial score (nSPS) is 17.8. The van der Waals surface area contributed by atoms with E-state index in [4.69, 9.17) is 25.8 Å². The highest BCUT2D eigenvalue weighted by Gasteiger charge is 2.36. The van der Waals surface area contributed by atoms with Gasteiger partial charge in [-0.2, -0.15) is 0 Å². The minimum absolute atomic E-state index is 0.0682. The summed E-state index contributed by atoms with van der Waals surface area (Å²) in [7, 11) is 5.36. The maximum atomic E-state index is 14.2. The molecule has 3 aliphatic rings. The van der Waals surface area contributed by atoms with Crippen LogP contribution < -0.4 is 14.4 Å². The first kappa shape index (κ1) is 36.2. The number of aromatic nitrogens is 1. The van der Waals surface area contributed by atoms with Crippen molar-refractivity contribution in [2.75, 3.05) is 102 Å². The van der Waals surface area contributed by atoms with Crippen molar-refractivity contribution in [3.8, 4) is 11.5 Å². The van der Waals surface area contributed by atoms with E-state index in [-0.39, 0.29) is 11.8 Å². The Hall–Kier alpha value is -3.13. The molecule has 2 fully saturated rings. The highest BCUT2D eigenvalue weighted by molar-refractivity contribution is 8.76. The van der Waals surface area contributed by atoms with Crippen LogP contribution in [0.25, 0.3) is 21.7 Å². The molecule has 51 heavy (non-hydrogen) atoms. The summed E-state index contributed by atoms with van der Waals surface area (Å²) in [6.07, 6.45) is 1.85. The molecule has 1 atom stereocenters. The SMILES string of the molecule is CN(CCSSCCN1CCOCC1)C(=O)Oc1cc2c(c3ccccc13)[C@H](CCl)CN2C(=O)c1cc2cc(OCCCN3CCC3)ccc2[nH]1. The smallest absolute Gasteiger partial charge is 0.415 e. The van der Waals surface area contributed by atoms with E-state index in [0.29, 0.717) is 42.7 Å². The maximum Gasteiger partial charge on any atom is 0.415 e. The second-order valence-electron chi connectivity index (χ2n) is 13.3. The minimum atomic E-state index is -0.432. The van der Waals surface area contributed by atoms with Crippen molar-refractivity contribution >= 4 is 72.6 Å². The molecule has 0 saturated carbocycles. The number of alkyl halides is 1. The number of anilines is 1. The van der Waals surface area contributed by atoms with Gasteiger partial charge in [-0.3, -0.25) is 9.69 Å². The van der Waals surface area contributed by atoms with E-state index in [1.54, 1.807) is 27.6 Å². The lowest BCUT2D eigenvalue weighted by Gasteiger charge is -2.30. The number of likely N-dealkylation sites (tertiary alicyclic amines) is 1. The van der Waals surface area contributed by atoms with Crippen LogP contribution in [0.5, 0.6) is 11.5 Å². The summed E-state index contributed by atoms with van der Waals surface area (Å²) in [6, 6.07) is 17.5. The number of benzene rings is 3. The molecule has 3 aliphatic heterocycles. The molecular formula is C38H46ClN5O5S2. The third kappa shape index (κ3) is 8.58. The molecular weight excluding hydrogens is 706 g/mol. The van der Waals surface area contributed by atoms with Crippen LogP contribution in [0.1, 0.15) is 34.8 Å². The number of carbonyl (C=O) groups excluding carboxylic acids is 2. The Morgan fingerprint density at radius 2 is 1.76 bits per heavy atom. The van der Waals surface area contributed by atoms with Crippen LogP contribution >= 0.6 is 33.2 Å². The summed E-state index contributed by atoms with van der Waals surface area (Å²) in [5.74, 6) is 3.17. The predicted molar refractivity (Wildman–Crippen MR) is 209 cm³/mol. The Morgan fingerprint density at radius 1 is 0.980 bits per heavy atom. The summed E-state index contributed by atoms with van der Waals surface area (Å²) in [5, 5.41) is 2.66. The van der Waals surface area contributed by atoms with Gasteiger partial charge in [-0.05, 0) is 61.1 Å². The standard InChI is InChI=1S/C38H46ClN5O5S2/c1-41(15-20-50-51-21-16-43-13-18-47-19-14-43)38(46)49-35-24-34-36(31-7-3-2-6-30(31)35)28(25-39)26-44(34)37(45)33-23-27-22-29(8-9-32(27)40-33)48-17-5-12-42-10-4-11-42/h2-3,6-9,22-24,28,40H,4-5,10-21,25-26H2,1H3/t28-/m1/s1. The molecule has 0 aliphatic carbocycles. The number of rotatable bonds is 15. The monoisotopic (exact) mass is 751 g/mol. The second kappa shape index (κ2) is 17.1. The molecule has 272 valence electrons. The molecule has 3 aromatic carbocycles. The van der Waals surface area contributed by atoms with Crippen LogP contribution in [0.15, 0.2) is 54.6 Å². The summed E-state index contributed by atoms with van der Waals surface area (Å²) in [6.45, 7) is 9.75. The Kier molecular flexibility index (Phi) is 12.2. The largest absolute Gasteiger partial charge is 0.494 e. The van der Waals surface area contributed by atoms with Gasteiger partial charge in [0, 0.05) is 92.0 Å². The lowest BCUT2D eigenvalue weighted by atomic mass is 9.95. The molecule has 0 unspecified atom stereocenters. The fourth-order valence-electron chi connectivity index (χ4n) is 6.91. The first-order chi connectivity index (χ1) is 25.0. The number of aromatic amines is 1. The average molecular weight is 752 g/mol. The topological polar surface area (TPSA) is 90.6 Å². The van der Waals surface area contributed by atoms with Crippen LogP contribution in [0.2, 0.25) is 0 Å². The molecule has 0 bridgehead atoms. The first-order valence-corrected chi connectivity index (χ1v) is 20.9. The zero-order valence-electron chi connectivity index (χ0n) is 29.1. The van der Waals surface area contributed by atoms with Crippen LogP contribution in [-0.2, 0) is 4.74 Å².